The first-order valence-electron chi connectivity index (χ1n) is 3.64. The average molecular weight is 273 g/mol. The van der Waals surface area contributed by atoms with Gasteiger partial charge in [-0.05, 0) is 0 Å². The summed E-state index contributed by atoms with van der Waals surface area (Å²) in [4.78, 5) is 0. The molecule has 58 valence electrons. The maximum atomic E-state index is 6.25. The first-order valence-corrected chi connectivity index (χ1v) is 11.8. The van der Waals surface area contributed by atoms with Gasteiger partial charge in [0, 0.05) is 0 Å². The first-order chi connectivity index (χ1) is 5.34. The van der Waals surface area contributed by atoms with Gasteiger partial charge in [0.1, 0.15) is 0 Å². The Morgan fingerprint density at radius 3 is 2.55 bits per heavy atom. The monoisotopic (exact) mass is 274 g/mol. The van der Waals surface area contributed by atoms with Gasteiger partial charge in [-0.3, -0.25) is 0 Å². The molecule has 0 aliphatic heterocycles. The molecule has 0 aliphatic carbocycles. The SMILES string of the molecule is C=C[CH2][SnH]([Cl])[c]1ccccc1. The van der Waals surface area contributed by atoms with Crippen LogP contribution < -0.4 is 3.58 Å². The van der Waals surface area contributed by atoms with Crippen LogP contribution in [0, 0.1) is 0 Å². The van der Waals surface area contributed by atoms with Gasteiger partial charge in [-0.2, -0.15) is 0 Å². The van der Waals surface area contributed by atoms with E-state index in [1.807, 2.05) is 24.3 Å². The number of hydrogen-bond acceptors (Lipinski definition) is 0. The predicted molar refractivity (Wildman–Crippen MR) is 54.1 cm³/mol. The van der Waals surface area contributed by atoms with E-state index in [-0.39, 0.29) is 0 Å². The standard InChI is InChI=1S/C6H5.C3H5.ClH.Sn.H/c1-2-4-6-5-3-1;1-3-2;;;/h1-5H;3H,1-2H2;1H;;/q;;;+1;/p-1. The Morgan fingerprint density at radius 1 is 1.36 bits per heavy atom. The molecule has 0 fully saturated rings. The van der Waals surface area contributed by atoms with Crippen molar-refractivity contribution in [3.63, 3.8) is 0 Å². The van der Waals surface area contributed by atoms with Crippen LogP contribution in [-0.4, -0.2) is 18.6 Å². The molecule has 0 aromatic heterocycles. The molecule has 0 heterocycles. The fraction of sp³-hybridized carbons (Fsp3) is 0.111. The second-order valence-electron chi connectivity index (χ2n) is 2.40. The summed E-state index contributed by atoms with van der Waals surface area (Å²) in [5.41, 5.74) is 0. The molecule has 0 spiro atoms. The van der Waals surface area contributed by atoms with Gasteiger partial charge in [-0.25, -0.2) is 0 Å². The van der Waals surface area contributed by atoms with Crippen LogP contribution in [0.5, 0.6) is 0 Å². The molecule has 0 amide bonds. The molecule has 0 nitrogen and oxygen atoms in total. The van der Waals surface area contributed by atoms with Gasteiger partial charge in [0.2, 0.25) is 0 Å². The summed E-state index contributed by atoms with van der Waals surface area (Å²) in [6.07, 6.45) is 1.93. The normalized spacial score (nSPS) is 12.5. The van der Waals surface area contributed by atoms with Gasteiger partial charge < -0.3 is 0 Å². The summed E-state index contributed by atoms with van der Waals surface area (Å²) in [5.74, 6) is 0. The molecule has 1 atom stereocenters. The number of halogens is 1. The summed E-state index contributed by atoms with van der Waals surface area (Å²) < 4.78 is 2.41. The van der Waals surface area contributed by atoms with Crippen molar-refractivity contribution in [1.82, 2.24) is 0 Å². The molecule has 11 heavy (non-hydrogen) atoms. The van der Waals surface area contributed by atoms with Gasteiger partial charge in [0.25, 0.3) is 0 Å². The topological polar surface area (TPSA) is 0 Å². The zero-order chi connectivity index (χ0) is 8.10. The first kappa shape index (κ1) is 9.14. The Bertz CT molecular complexity index is 220. The van der Waals surface area contributed by atoms with E-state index in [0.29, 0.717) is 0 Å². The van der Waals surface area contributed by atoms with Crippen LogP contribution in [0.3, 0.4) is 0 Å². The van der Waals surface area contributed by atoms with E-state index >= 15 is 0 Å². The van der Waals surface area contributed by atoms with E-state index in [1.165, 1.54) is 3.58 Å². The molecular formula is C9H11ClSn. The third-order valence-electron chi connectivity index (χ3n) is 1.53. The number of rotatable bonds is 3. The summed E-state index contributed by atoms with van der Waals surface area (Å²) in [6.45, 7) is 3.69. The van der Waals surface area contributed by atoms with Crippen molar-refractivity contribution >= 4 is 31.1 Å². The van der Waals surface area contributed by atoms with Crippen molar-refractivity contribution in [2.45, 2.75) is 4.44 Å². The van der Waals surface area contributed by atoms with E-state index in [0.717, 1.165) is 4.44 Å². The fourth-order valence-corrected chi connectivity index (χ4v) is 6.20. The molecule has 2 heteroatoms. The Kier molecular flexibility index (Phi) is 4.01. The van der Waals surface area contributed by atoms with Gasteiger partial charge in [0.15, 0.2) is 0 Å². The Hall–Kier alpha value is 0.0487. The summed E-state index contributed by atoms with van der Waals surface area (Å²) in [5, 5.41) is 0. The average Bonchev–Trinajstić information content (AvgIpc) is 2.07. The van der Waals surface area contributed by atoms with Gasteiger partial charge in [-0.15, -0.1) is 0 Å². The molecule has 0 radical (unpaired) electrons. The van der Waals surface area contributed by atoms with Crippen LogP contribution in [0.25, 0.3) is 0 Å². The third kappa shape index (κ3) is 2.87. The van der Waals surface area contributed by atoms with E-state index in [4.69, 9.17) is 8.92 Å². The predicted octanol–water partition coefficient (Wildman–Crippen LogP) is 2.04. The molecule has 1 unspecified atom stereocenters. The molecular weight excluding hydrogens is 262 g/mol. The Balaban J connectivity index is 2.68. The summed E-state index contributed by atoms with van der Waals surface area (Å²) >= 11 is -1.86. The zero-order valence-corrected chi connectivity index (χ0v) is 10.4. The maximum absolute atomic E-state index is 6.25. The van der Waals surface area contributed by atoms with Crippen molar-refractivity contribution in [3.05, 3.63) is 43.0 Å². The van der Waals surface area contributed by atoms with Gasteiger partial charge in [0.05, 0.1) is 0 Å². The van der Waals surface area contributed by atoms with E-state index < -0.39 is 18.6 Å². The van der Waals surface area contributed by atoms with Crippen molar-refractivity contribution < 1.29 is 0 Å². The van der Waals surface area contributed by atoms with Gasteiger partial charge >= 0.3 is 78.6 Å². The molecule has 0 N–H and O–H groups in total. The molecule has 0 bridgehead atoms. The van der Waals surface area contributed by atoms with Crippen LogP contribution in [-0.2, 0) is 0 Å². The second kappa shape index (κ2) is 4.83. The zero-order valence-electron chi connectivity index (χ0n) is 6.33. The van der Waals surface area contributed by atoms with Crippen LogP contribution in [0.4, 0.5) is 0 Å². The van der Waals surface area contributed by atoms with Gasteiger partial charge in [-0.1, -0.05) is 0 Å². The van der Waals surface area contributed by atoms with Crippen molar-refractivity contribution in [1.29, 1.82) is 0 Å². The molecule has 1 aromatic rings. The third-order valence-corrected chi connectivity index (χ3v) is 9.72. The Morgan fingerprint density at radius 2 is 2.00 bits per heavy atom. The van der Waals surface area contributed by atoms with E-state index in [1.54, 1.807) is 0 Å². The van der Waals surface area contributed by atoms with Crippen molar-refractivity contribution in [3.8, 4) is 0 Å². The van der Waals surface area contributed by atoms with Crippen LogP contribution in [0.2, 0.25) is 4.44 Å². The van der Waals surface area contributed by atoms with Crippen molar-refractivity contribution in [2.24, 2.45) is 0 Å². The van der Waals surface area contributed by atoms with Crippen LogP contribution in [0.1, 0.15) is 0 Å². The number of hydrogen-bond donors (Lipinski definition) is 0. The molecule has 0 aliphatic rings. The Labute approximate surface area is 78.3 Å². The molecule has 0 saturated carbocycles. The molecule has 1 aromatic carbocycles. The number of allylic oxidation sites excluding steroid dienone is 1. The van der Waals surface area contributed by atoms with Crippen LogP contribution >= 0.6 is 8.92 Å². The quantitative estimate of drug-likeness (QED) is 0.584. The minimum atomic E-state index is -1.86. The minimum absolute atomic E-state index is 1.03. The van der Waals surface area contributed by atoms with Crippen molar-refractivity contribution in [2.75, 3.05) is 0 Å². The van der Waals surface area contributed by atoms with Crippen LogP contribution in [0.15, 0.2) is 43.0 Å². The second-order valence-corrected chi connectivity index (χ2v) is 11.9. The van der Waals surface area contributed by atoms with E-state index in [2.05, 4.69) is 18.7 Å². The molecule has 0 saturated heterocycles. The fourth-order valence-electron chi connectivity index (χ4n) is 0.944. The number of benzene rings is 1. The van der Waals surface area contributed by atoms with E-state index in [9.17, 15) is 0 Å². The summed E-state index contributed by atoms with van der Waals surface area (Å²) in [6, 6.07) is 10.4. The molecule has 1 rings (SSSR count). The summed E-state index contributed by atoms with van der Waals surface area (Å²) in [7, 11) is 6.25.